The van der Waals surface area contributed by atoms with Gasteiger partial charge in [-0.3, -0.25) is 0 Å². The summed E-state index contributed by atoms with van der Waals surface area (Å²) in [7, 11) is 0. The van der Waals surface area contributed by atoms with Crippen molar-refractivity contribution >= 4 is 0 Å². The van der Waals surface area contributed by atoms with E-state index in [1.807, 2.05) is 6.07 Å². The van der Waals surface area contributed by atoms with Crippen LogP contribution in [-0.4, -0.2) is 6.54 Å². The van der Waals surface area contributed by atoms with Crippen LogP contribution in [-0.2, 0) is 6.42 Å². The highest BCUT2D eigenvalue weighted by Gasteiger charge is 2.28. The Hall–Kier alpha value is -0.890. The minimum absolute atomic E-state index is 0.125. The van der Waals surface area contributed by atoms with Gasteiger partial charge >= 0.3 is 0 Å². The molecule has 0 aliphatic heterocycles. The molecule has 76 valence electrons. The van der Waals surface area contributed by atoms with Crippen LogP contribution in [0, 0.1) is 11.7 Å². The fourth-order valence-electron chi connectivity index (χ4n) is 2.51. The molecule has 1 aliphatic carbocycles. The van der Waals surface area contributed by atoms with E-state index in [0.717, 1.165) is 12.8 Å². The van der Waals surface area contributed by atoms with Crippen molar-refractivity contribution in [1.29, 1.82) is 0 Å². The molecule has 0 bridgehead atoms. The van der Waals surface area contributed by atoms with Gasteiger partial charge < -0.3 is 5.73 Å². The minimum atomic E-state index is -0.125. The molecule has 0 aromatic heterocycles. The predicted molar refractivity (Wildman–Crippen MR) is 55.7 cm³/mol. The highest BCUT2D eigenvalue weighted by molar-refractivity contribution is 5.36. The van der Waals surface area contributed by atoms with Crippen LogP contribution in [0.15, 0.2) is 18.2 Å². The summed E-state index contributed by atoms with van der Waals surface area (Å²) in [4.78, 5) is 0. The zero-order valence-corrected chi connectivity index (χ0v) is 8.46. The molecule has 1 nitrogen and oxygen atoms in total. The third-order valence-electron chi connectivity index (χ3n) is 3.21. The summed E-state index contributed by atoms with van der Waals surface area (Å²) in [5.41, 5.74) is 8.06. The van der Waals surface area contributed by atoms with Gasteiger partial charge in [0.05, 0.1) is 0 Å². The molecular formula is C12H16FN. The molecule has 1 aromatic carbocycles. The Morgan fingerprint density at radius 2 is 2.29 bits per heavy atom. The first-order valence-corrected chi connectivity index (χ1v) is 5.20. The Balaban J connectivity index is 2.34. The number of hydrogen-bond donors (Lipinski definition) is 1. The van der Waals surface area contributed by atoms with E-state index in [1.54, 1.807) is 12.1 Å². The number of benzene rings is 1. The lowest BCUT2D eigenvalue weighted by atomic mass is 9.91. The fraction of sp³-hybridized carbons (Fsp3) is 0.500. The number of nitrogens with two attached hydrogens (primary N) is 1. The molecule has 0 saturated carbocycles. The van der Waals surface area contributed by atoms with Gasteiger partial charge in [0.2, 0.25) is 0 Å². The van der Waals surface area contributed by atoms with Gasteiger partial charge in [0, 0.05) is 0 Å². The Kier molecular flexibility index (Phi) is 2.55. The van der Waals surface area contributed by atoms with Crippen molar-refractivity contribution < 1.29 is 4.39 Å². The van der Waals surface area contributed by atoms with E-state index >= 15 is 0 Å². The second-order valence-electron chi connectivity index (χ2n) is 4.21. The molecule has 0 saturated heterocycles. The van der Waals surface area contributed by atoms with E-state index in [1.165, 1.54) is 11.1 Å². The molecule has 0 heterocycles. The molecule has 1 aliphatic rings. The van der Waals surface area contributed by atoms with Crippen molar-refractivity contribution in [2.75, 3.05) is 6.54 Å². The fourth-order valence-corrected chi connectivity index (χ4v) is 2.51. The quantitative estimate of drug-likeness (QED) is 0.767. The minimum Gasteiger partial charge on any atom is -0.330 e. The van der Waals surface area contributed by atoms with Crippen molar-refractivity contribution in [2.24, 2.45) is 11.7 Å². The predicted octanol–water partition coefficient (Wildman–Crippen LogP) is 2.45. The average molecular weight is 193 g/mol. The SMILES string of the molecule is CC1Cc2ccc(F)cc2C1CCN. The van der Waals surface area contributed by atoms with Gasteiger partial charge in [-0.15, -0.1) is 0 Å². The van der Waals surface area contributed by atoms with E-state index in [-0.39, 0.29) is 5.82 Å². The molecule has 2 atom stereocenters. The van der Waals surface area contributed by atoms with Crippen molar-refractivity contribution in [3.63, 3.8) is 0 Å². The van der Waals surface area contributed by atoms with Crippen LogP contribution < -0.4 is 5.73 Å². The number of fused-ring (bicyclic) bond motifs is 1. The third kappa shape index (κ3) is 1.55. The molecule has 14 heavy (non-hydrogen) atoms. The van der Waals surface area contributed by atoms with Crippen molar-refractivity contribution in [1.82, 2.24) is 0 Å². The van der Waals surface area contributed by atoms with Crippen LogP contribution in [0.25, 0.3) is 0 Å². The van der Waals surface area contributed by atoms with Crippen LogP contribution in [0.3, 0.4) is 0 Å². The summed E-state index contributed by atoms with van der Waals surface area (Å²) in [6.07, 6.45) is 2.04. The molecule has 0 spiro atoms. The second-order valence-corrected chi connectivity index (χ2v) is 4.21. The van der Waals surface area contributed by atoms with Crippen LogP contribution in [0.5, 0.6) is 0 Å². The van der Waals surface area contributed by atoms with Gasteiger partial charge in [0.15, 0.2) is 0 Å². The van der Waals surface area contributed by atoms with Crippen molar-refractivity contribution in [2.45, 2.75) is 25.7 Å². The van der Waals surface area contributed by atoms with E-state index in [2.05, 4.69) is 6.92 Å². The number of halogens is 1. The molecule has 0 amide bonds. The second kappa shape index (κ2) is 3.70. The molecule has 0 fully saturated rings. The summed E-state index contributed by atoms with van der Waals surface area (Å²) in [5, 5.41) is 0. The topological polar surface area (TPSA) is 26.0 Å². The standard InChI is InChI=1S/C12H16FN/c1-8-6-9-2-3-10(13)7-12(9)11(8)4-5-14/h2-3,7-8,11H,4-6,14H2,1H3. The normalized spacial score (nSPS) is 25.1. The maximum Gasteiger partial charge on any atom is 0.123 e. The Morgan fingerprint density at radius 3 is 3.00 bits per heavy atom. The van der Waals surface area contributed by atoms with Crippen LogP contribution in [0.2, 0.25) is 0 Å². The summed E-state index contributed by atoms with van der Waals surface area (Å²) >= 11 is 0. The van der Waals surface area contributed by atoms with Gasteiger partial charge in [0.25, 0.3) is 0 Å². The molecular weight excluding hydrogens is 177 g/mol. The lowest BCUT2D eigenvalue weighted by Crippen LogP contribution is -2.10. The van der Waals surface area contributed by atoms with Crippen LogP contribution in [0.1, 0.15) is 30.4 Å². The molecule has 0 radical (unpaired) electrons. The van der Waals surface area contributed by atoms with E-state index in [0.29, 0.717) is 18.4 Å². The zero-order valence-electron chi connectivity index (χ0n) is 8.46. The maximum absolute atomic E-state index is 13.1. The first-order valence-electron chi connectivity index (χ1n) is 5.20. The van der Waals surface area contributed by atoms with Gasteiger partial charge in [-0.05, 0) is 54.5 Å². The van der Waals surface area contributed by atoms with Gasteiger partial charge in [-0.1, -0.05) is 13.0 Å². The summed E-state index contributed by atoms with van der Waals surface area (Å²) in [5.74, 6) is 0.945. The number of rotatable bonds is 2. The van der Waals surface area contributed by atoms with Gasteiger partial charge in [-0.25, -0.2) is 4.39 Å². The van der Waals surface area contributed by atoms with Crippen LogP contribution >= 0.6 is 0 Å². The summed E-state index contributed by atoms with van der Waals surface area (Å²) < 4.78 is 13.1. The first kappa shape index (κ1) is 9.66. The Labute approximate surface area is 84.1 Å². The van der Waals surface area contributed by atoms with Crippen LogP contribution in [0.4, 0.5) is 4.39 Å². The highest BCUT2D eigenvalue weighted by Crippen LogP contribution is 2.39. The summed E-state index contributed by atoms with van der Waals surface area (Å²) in [6.45, 7) is 2.91. The average Bonchev–Trinajstić information content (AvgIpc) is 2.45. The maximum atomic E-state index is 13.1. The Bertz CT molecular complexity index is 335. The molecule has 2 heteroatoms. The van der Waals surface area contributed by atoms with Crippen molar-refractivity contribution in [3.05, 3.63) is 35.1 Å². The van der Waals surface area contributed by atoms with Gasteiger partial charge in [0.1, 0.15) is 5.82 Å². The molecule has 2 N–H and O–H groups in total. The number of hydrogen-bond acceptors (Lipinski definition) is 1. The molecule has 1 aromatic rings. The van der Waals surface area contributed by atoms with Gasteiger partial charge in [-0.2, -0.15) is 0 Å². The molecule has 2 unspecified atom stereocenters. The zero-order chi connectivity index (χ0) is 10.1. The largest absolute Gasteiger partial charge is 0.330 e. The smallest absolute Gasteiger partial charge is 0.123 e. The lowest BCUT2D eigenvalue weighted by Gasteiger charge is -2.15. The summed E-state index contributed by atoms with van der Waals surface area (Å²) in [6, 6.07) is 5.15. The third-order valence-corrected chi connectivity index (χ3v) is 3.21. The monoisotopic (exact) mass is 193 g/mol. The first-order chi connectivity index (χ1) is 6.72. The molecule has 2 rings (SSSR count). The van der Waals surface area contributed by atoms with E-state index in [9.17, 15) is 4.39 Å². The van der Waals surface area contributed by atoms with E-state index < -0.39 is 0 Å². The van der Waals surface area contributed by atoms with E-state index in [4.69, 9.17) is 5.73 Å². The van der Waals surface area contributed by atoms with Crippen molar-refractivity contribution in [3.8, 4) is 0 Å². The highest BCUT2D eigenvalue weighted by atomic mass is 19.1. The Morgan fingerprint density at radius 1 is 1.50 bits per heavy atom. The lowest BCUT2D eigenvalue weighted by molar-refractivity contribution is 0.474.